The third kappa shape index (κ3) is 2.66. The number of benzene rings is 1. The molecule has 1 saturated heterocycles. The summed E-state index contributed by atoms with van der Waals surface area (Å²) in [6.45, 7) is 1.65. The molecule has 0 radical (unpaired) electrons. The second-order valence-electron chi connectivity index (χ2n) is 4.03. The second kappa shape index (κ2) is 4.88. The predicted molar refractivity (Wildman–Crippen MR) is 62.5 cm³/mol. The highest BCUT2D eigenvalue weighted by atomic mass is 16.3. The molecule has 1 aliphatic rings. The summed E-state index contributed by atoms with van der Waals surface area (Å²) in [5.74, 6) is 0.163. The number of likely N-dealkylation sites (tertiary alicyclic amines) is 1. The maximum atomic E-state index is 11.8. The van der Waals surface area contributed by atoms with Crippen LogP contribution in [0.4, 0.5) is 10.5 Å². The van der Waals surface area contributed by atoms with Gasteiger partial charge in [0.25, 0.3) is 0 Å². The van der Waals surface area contributed by atoms with E-state index in [9.17, 15) is 9.90 Å². The molecule has 1 fully saturated rings. The molecule has 4 heteroatoms. The van der Waals surface area contributed by atoms with Gasteiger partial charge in [-0.25, -0.2) is 4.79 Å². The molecule has 1 aromatic rings. The van der Waals surface area contributed by atoms with Crippen molar-refractivity contribution in [3.63, 3.8) is 0 Å². The van der Waals surface area contributed by atoms with Gasteiger partial charge in [0.05, 0.1) is 0 Å². The number of urea groups is 1. The van der Waals surface area contributed by atoms with Crippen LogP contribution in [0.15, 0.2) is 24.3 Å². The smallest absolute Gasteiger partial charge is 0.321 e. The van der Waals surface area contributed by atoms with Crippen LogP contribution < -0.4 is 5.32 Å². The van der Waals surface area contributed by atoms with Gasteiger partial charge < -0.3 is 15.3 Å². The van der Waals surface area contributed by atoms with Crippen LogP contribution in [0.2, 0.25) is 0 Å². The first-order valence-corrected chi connectivity index (χ1v) is 5.61. The first-order valence-electron chi connectivity index (χ1n) is 5.61. The average molecular weight is 220 g/mol. The van der Waals surface area contributed by atoms with Crippen molar-refractivity contribution in [1.29, 1.82) is 0 Å². The average Bonchev–Trinajstić information content (AvgIpc) is 2.30. The zero-order valence-electron chi connectivity index (χ0n) is 9.15. The van der Waals surface area contributed by atoms with Gasteiger partial charge in [0.2, 0.25) is 0 Å². The zero-order chi connectivity index (χ0) is 11.4. The first-order chi connectivity index (χ1) is 7.75. The van der Waals surface area contributed by atoms with Crippen molar-refractivity contribution in [3.05, 3.63) is 24.3 Å². The maximum absolute atomic E-state index is 11.8. The Hall–Kier alpha value is -1.71. The van der Waals surface area contributed by atoms with Gasteiger partial charge >= 0.3 is 6.03 Å². The molecule has 0 unspecified atom stereocenters. The number of hydrogen-bond donors (Lipinski definition) is 2. The minimum Gasteiger partial charge on any atom is -0.508 e. The molecule has 86 valence electrons. The number of piperidine rings is 1. The van der Waals surface area contributed by atoms with Crippen molar-refractivity contribution >= 4 is 11.7 Å². The lowest BCUT2D eigenvalue weighted by Gasteiger charge is -2.26. The topological polar surface area (TPSA) is 52.6 Å². The third-order valence-corrected chi connectivity index (χ3v) is 2.74. The fourth-order valence-electron chi connectivity index (χ4n) is 1.88. The van der Waals surface area contributed by atoms with Crippen molar-refractivity contribution in [2.75, 3.05) is 18.4 Å². The van der Waals surface area contributed by atoms with E-state index >= 15 is 0 Å². The van der Waals surface area contributed by atoms with E-state index in [0.29, 0.717) is 5.69 Å². The van der Waals surface area contributed by atoms with Crippen LogP contribution in [-0.2, 0) is 0 Å². The largest absolute Gasteiger partial charge is 0.508 e. The van der Waals surface area contributed by atoms with E-state index in [1.807, 2.05) is 4.90 Å². The Kier molecular flexibility index (Phi) is 3.29. The van der Waals surface area contributed by atoms with Crippen LogP contribution in [-0.4, -0.2) is 29.1 Å². The number of carbonyl (C=O) groups excluding carboxylic acids is 1. The molecule has 16 heavy (non-hydrogen) atoms. The van der Waals surface area contributed by atoms with Crippen LogP contribution in [0.1, 0.15) is 19.3 Å². The summed E-state index contributed by atoms with van der Waals surface area (Å²) in [4.78, 5) is 13.6. The summed E-state index contributed by atoms with van der Waals surface area (Å²) in [7, 11) is 0. The number of nitrogens with one attached hydrogen (secondary N) is 1. The Morgan fingerprint density at radius 2 is 2.00 bits per heavy atom. The molecule has 2 N–H and O–H groups in total. The third-order valence-electron chi connectivity index (χ3n) is 2.74. The summed E-state index contributed by atoms with van der Waals surface area (Å²) in [5.41, 5.74) is 0.635. The van der Waals surface area contributed by atoms with Gasteiger partial charge in [-0.3, -0.25) is 0 Å². The highest BCUT2D eigenvalue weighted by molar-refractivity contribution is 5.89. The molecule has 0 atom stereocenters. The quantitative estimate of drug-likeness (QED) is 0.763. The summed E-state index contributed by atoms with van der Waals surface area (Å²) in [6, 6.07) is 6.52. The minimum atomic E-state index is -0.0784. The number of aromatic hydroxyl groups is 1. The van der Waals surface area contributed by atoms with Crippen LogP contribution in [0.3, 0.4) is 0 Å². The Morgan fingerprint density at radius 3 is 2.69 bits per heavy atom. The van der Waals surface area contributed by atoms with Crippen LogP contribution >= 0.6 is 0 Å². The summed E-state index contributed by atoms with van der Waals surface area (Å²) < 4.78 is 0. The molecule has 1 aliphatic heterocycles. The van der Waals surface area contributed by atoms with Crippen molar-refractivity contribution in [2.45, 2.75) is 19.3 Å². The van der Waals surface area contributed by atoms with E-state index < -0.39 is 0 Å². The van der Waals surface area contributed by atoms with E-state index in [4.69, 9.17) is 0 Å². The first kappa shape index (κ1) is 10.8. The van der Waals surface area contributed by atoms with E-state index in [1.54, 1.807) is 24.3 Å². The van der Waals surface area contributed by atoms with Crippen molar-refractivity contribution in [3.8, 4) is 5.75 Å². The Morgan fingerprint density at radius 1 is 1.25 bits per heavy atom. The normalized spacial score (nSPS) is 15.9. The van der Waals surface area contributed by atoms with Gasteiger partial charge in [-0.1, -0.05) is 6.07 Å². The maximum Gasteiger partial charge on any atom is 0.321 e. The van der Waals surface area contributed by atoms with Crippen molar-refractivity contribution in [1.82, 2.24) is 4.90 Å². The van der Waals surface area contributed by atoms with E-state index in [1.165, 1.54) is 6.42 Å². The lowest BCUT2D eigenvalue weighted by Crippen LogP contribution is -2.38. The fraction of sp³-hybridized carbons (Fsp3) is 0.417. The van der Waals surface area contributed by atoms with Gasteiger partial charge in [0.1, 0.15) is 5.75 Å². The Balaban J connectivity index is 1.96. The molecule has 0 saturated carbocycles. The lowest BCUT2D eigenvalue weighted by molar-refractivity contribution is 0.200. The predicted octanol–water partition coefficient (Wildman–Crippen LogP) is 2.41. The summed E-state index contributed by atoms with van der Waals surface area (Å²) >= 11 is 0. The Bertz CT molecular complexity index is 373. The second-order valence-corrected chi connectivity index (χ2v) is 4.03. The number of hydrogen-bond acceptors (Lipinski definition) is 2. The van der Waals surface area contributed by atoms with Gasteiger partial charge in [0.15, 0.2) is 0 Å². The highest BCUT2D eigenvalue weighted by Gasteiger charge is 2.16. The van der Waals surface area contributed by atoms with Crippen LogP contribution in [0.5, 0.6) is 5.75 Å². The van der Waals surface area contributed by atoms with Gasteiger partial charge in [0, 0.05) is 24.8 Å². The molecule has 2 amide bonds. The number of phenolic OH excluding ortho intramolecular Hbond substituents is 1. The molecule has 0 spiro atoms. The van der Waals surface area contributed by atoms with Gasteiger partial charge in [-0.2, -0.15) is 0 Å². The van der Waals surface area contributed by atoms with Gasteiger partial charge in [-0.05, 0) is 31.4 Å². The van der Waals surface area contributed by atoms with Gasteiger partial charge in [-0.15, -0.1) is 0 Å². The molecular weight excluding hydrogens is 204 g/mol. The summed E-state index contributed by atoms with van der Waals surface area (Å²) in [5, 5.41) is 12.1. The monoisotopic (exact) mass is 220 g/mol. The molecule has 0 aliphatic carbocycles. The van der Waals surface area contributed by atoms with Crippen LogP contribution in [0, 0.1) is 0 Å². The molecule has 2 rings (SSSR count). The molecule has 4 nitrogen and oxygen atoms in total. The molecular formula is C12H16N2O2. The molecule has 1 heterocycles. The van der Waals surface area contributed by atoms with Crippen molar-refractivity contribution in [2.24, 2.45) is 0 Å². The molecule has 1 aromatic carbocycles. The zero-order valence-corrected chi connectivity index (χ0v) is 9.15. The van der Waals surface area contributed by atoms with E-state index in [2.05, 4.69) is 5.32 Å². The van der Waals surface area contributed by atoms with E-state index in [0.717, 1.165) is 25.9 Å². The standard InChI is InChI=1S/C12H16N2O2/c15-11-6-4-5-10(9-11)13-12(16)14-7-2-1-3-8-14/h4-6,9,15H,1-3,7-8H2,(H,13,16). The number of anilines is 1. The minimum absolute atomic E-state index is 0.0784. The summed E-state index contributed by atoms with van der Waals surface area (Å²) in [6.07, 6.45) is 3.36. The van der Waals surface area contributed by atoms with E-state index in [-0.39, 0.29) is 11.8 Å². The molecule has 0 aromatic heterocycles. The molecule has 0 bridgehead atoms. The Labute approximate surface area is 94.9 Å². The fourth-order valence-corrected chi connectivity index (χ4v) is 1.88. The number of rotatable bonds is 1. The van der Waals surface area contributed by atoms with Crippen LogP contribution in [0.25, 0.3) is 0 Å². The lowest BCUT2D eigenvalue weighted by atomic mass is 10.1. The highest BCUT2D eigenvalue weighted by Crippen LogP contribution is 2.17. The number of phenols is 1. The van der Waals surface area contributed by atoms with Crippen molar-refractivity contribution < 1.29 is 9.90 Å². The number of amides is 2. The number of carbonyl (C=O) groups is 1. The number of nitrogens with zero attached hydrogens (tertiary/aromatic N) is 1. The SMILES string of the molecule is O=C(Nc1cccc(O)c1)N1CCCCC1.